The normalized spacial score (nSPS) is 10.8. The number of carbonyl (C=O) groups excluding carboxylic acids is 1. The first-order valence-electron chi connectivity index (χ1n) is 8.36. The number of nitrogens with zero attached hydrogens (tertiary/aromatic N) is 2. The summed E-state index contributed by atoms with van der Waals surface area (Å²) >= 11 is 19.9. The fourth-order valence-corrected chi connectivity index (χ4v) is 4.38. The Morgan fingerprint density at radius 3 is 2.57 bits per heavy atom. The van der Waals surface area contributed by atoms with Gasteiger partial charge in [-0.3, -0.25) is 9.69 Å². The highest BCUT2D eigenvalue weighted by molar-refractivity contribution is 7.14. The minimum Gasteiger partial charge on any atom is -0.486 e. The number of ether oxygens (including phenoxy) is 1. The van der Waals surface area contributed by atoms with Crippen molar-refractivity contribution in [2.75, 3.05) is 4.90 Å². The van der Waals surface area contributed by atoms with Gasteiger partial charge in [-0.05, 0) is 43.2 Å². The molecule has 2 aromatic carbocycles. The molecule has 0 radical (unpaired) electrons. The van der Waals surface area contributed by atoms with Gasteiger partial charge in [-0.15, -0.1) is 11.3 Å². The topological polar surface area (TPSA) is 42.4 Å². The molecular formula is C20H17Cl3N2O2S. The third-order valence-electron chi connectivity index (χ3n) is 3.94. The first kappa shape index (κ1) is 20.9. The van der Waals surface area contributed by atoms with Crippen molar-refractivity contribution in [3.63, 3.8) is 0 Å². The number of anilines is 2. The SMILES string of the molecule is CC(=O)N(c1nc(COc2cc(Cl)ccc2Cl)cs1)c1c(C)cc(C)cc1Cl. The maximum atomic E-state index is 12.4. The lowest BCUT2D eigenvalue weighted by molar-refractivity contribution is -0.115. The zero-order valence-corrected chi connectivity index (χ0v) is 18.5. The molecular weight excluding hydrogens is 439 g/mol. The maximum Gasteiger partial charge on any atom is 0.230 e. The number of amides is 1. The van der Waals surface area contributed by atoms with E-state index in [1.54, 1.807) is 18.2 Å². The highest BCUT2D eigenvalue weighted by Crippen LogP contribution is 2.37. The van der Waals surface area contributed by atoms with Gasteiger partial charge in [0, 0.05) is 23.4 Å². The summed E-state index contributed by atoms with van der Waals surface area (Å²) < 4.78 is 5.72. The van der Waals surface area contributed by atoms with Crippen LogP contribution >= 0.6 is 46.1 Å². The molecule has 1 aromatic heterocycles. The van der Waals surface area contributed by atoms with Crippen LogP contribution in [-0.2, 0) is 11.4 Å². The lowest BCUT2D eigenvalue weighted by Gasteiger charge is -2.22. The lowest BCUT2D eigenvalue weighted by atomic mass is 10.1. The van der Waals surface area contributed by atoms with Gasteiger partial charge in [0.05, 0.1) is 21.4 Å². The van der Waals surface area contributed by atoms with Gasteiger partial charge in [0.1, 0.15) is 12.4 Å². The number of thiazole rings is 1. The third kappa shape index (κ3) is 4.61. The zero-order chi connectivity index (χ0) is 20.4. The summed E-state index contributed by atoms with van der Waals surface area (Å²) in [5.41, 5.74) is 3.24. The summed E-state index contributed by atoms with van der Waals surface area (Å²) in [4.78, 5) is 18.4. The predicted octanol–water partition coefficient (Wildman–Crippen LogP) is 6.98. The summed E-state index contributed by atoms with van der Waals surface area (Å²) in [7, 11) is 0. The van der Waals surface area contributed by atoms with Crippen LogP contribution in [0.25, 0.3) is 0 Å². The van der Waals surface area contributed by atoms with E-state index in [0.29, 0.717) is 37.3 Å². The number of benzene rings is 2. The van der Waals surface area contributed by atoms with Crippen molar-refractivity contribution >= 4 is 62.9 Å². The third-order valence-corrected chi connectivity index (χ3v) is 5.65. The van der Waals surface area contributed by atoms with Crippen molar-refractivity contribution < 1.29 is 9.53 Å². The molecule has 0 saturated carbocycles. The van der Waals surface area contributed by atoms with E-state index in [0.717, 1.165) is 11.1 Å². The quantitative estimate of drug-likeness (QED) is 0.416. The Morgan fingerprint density at radius 1 is 1.14 bits per heavy atom. The van der Waals surface area contributed by atoms with E-state index >= 15 is 0 Å². The molecule has 8 heteroatoms. The van der Waals surface area contributed by atoms with Crippen LogP contribution in [0, 0.1) is 13.8 Å². The van der Waals surface area contributed by atoms with Gasteiger partial charge in [-0.2, -0.15) is 0 Å². The first-order chi connectivity index (χ1) is 13.3. The molecule has 0 saturated heterocycles. The second-order valence-corrected chi connectivity index (χ2v) is 8.34. The van der Waals surface area contributed by atoms with Crippen LogP contribution in [0.2, 0.25) is 15.1 Å². The predicted molar refractivity (Wildman–Crippen MR) is 117 cm³/mol. The van der Waals surface area contributed by atoms with Crippen molar-refractivity contribution in [2.24, 2.45) is 0 Å². The average molecular weight is 456 g/mol. The molecule has 1 amide bonds. The molecule has 1 heterocycles. The van der Waals surface area contributed by atoms with Crippen LogP contribution in [0.5, 0.6) is 5.75 Å². The fourth-order valence-electron chi connectivity index (χ4n) is 2.78. The molecule has 0 N–H and O–H groups in total. The van der Waals surface area contributed by atoms with E-state index in [4.69, 9.17) is 39.5 Å². The Labute approximate surface area is 182 Å². The number of carbonyl (C=O) groups is 1. The van der Waals surface area contributed by atoms with E-state index in [1.807, 2.05) is 31.4 Å². The van der Waals surface area contributed by atoms with E-state index in [9.17, 15) is 4.79 Å². The van der Waals surface area contributed by atoms with Gasteiger partial charge in [-0.1, -0.05) is 40.9 Å². The smallest absolute Gasteiger partial charge is 0.230 e. The highest BCUT2D eigenvalue weighted by atomic mass is 35.5. The summed E-state index contributed by atoms with van der Waals surface area (Å²) in [6, 6.07) is 8.82. The van der Waals surface area contributed by atoms with Crippen LogP contribution in [0.4, 0.5) is 10.8 Å². The van der Waals surface area contributed by atoms with Crippen LogP contribution in [0.3, 0.4) is 0 Å². The highest BCUT2D eigenvalue weighted by Gasteiger charge is 2.22. The van der Waals surface area contributed by atoms with Crippen molar-refractivity contribution in [3.8, 4) is 5.75 Å². The van der Waals surface area contributed by atoms with Crippen molar-refractivity contribution in [1.29, 1.82) is 0 Å². The van der Waals surface area contributed by atoms with E-state index in [1.165, 1.54) is 23.2 Å². The lowest BCUT2D eigenvalue weighted by Crippen LogP contribution is -2.24. The number of aryl methyl sites for hydroxylation is 2. The molecule has 3 rings (SSSR count). The molecule has 0 fully saturated rings. The average Bonchev–Trinajstić information content (AvgIpc) is 3.06. The van der Waals surface area contributed by atoms with Crippen LogP contribution in [0.1, 0.15) is 23.7 Å². The van der Waals surface area contributed by atoms with Crippen molar-refractivity contribution in [2.45, 2.75) is 27.4 Å². The monoisotopic (exact) mass is 454 g/mol. The van der Waals surface area contributed by atoms with E-state index in [-0.39, 0.29) is 12.5 Å². The van der Waals surface area contributed by atoms with Crippen molar-refractivity contribution in [3.05, 3.63) is 67.6 Å². The first-order valence-corrected chi connectivity index (χ1v) is 10.4. The zero-order valence-electron chi connectivity index (χ0n) is 15.4. The summed E-state index contributed by atoms with van der Waals surface area (Å²) in [5, 5.41) is 3.86. The van der Waals surface area contributed by atoms with Crippen LogP contribution in [0.15, 0.2) is 35.7 Å². The number of halogens is 3. The van der Waals surface area contributed by atoms with Crippen molar-refractivity contribution in [1.82, 2.24) is 4.98 Å². The number of hydrogen-bond donors (Lipinski definition) is 0. The Morgan fingerprint density at radius 2 is 1.89 bits per heavy atom. The Kier molecular flexibility index (Phi) is 6.50. The number of aromatic nitrogens is 1. The second-order valence-electron chi connectivity index (χ2n) is 6.25. The van der Waals surface area contributed by atoms with Gasteiger partial charge in [-0.25, -0.2) is 4.98 Å². The van der Waals surface area contributed by atoms with E-state index in [2.05, 4.69) is 4.98 Å². The summed E-state index contributed by atoms with van der Waals surface area (Å²) in [6.45, 7) is 5.56. The standard InChI is InChI=1S/C20H17Cl3N2O2S/c1-11-6-12(2)19(17(23)7-11)25(13(3)26)20-24-15(10-28-20)9-27-18-8-14(21)4-5-16(18)22/h4-8,10H,9H2,1-3H3. The molecule has 0 spiro atoms. The molecule has 28 heavy (non-hydrogen) atoms. The van der Waals surface area contributed by atoms with Gasteiger partial charge >= 0.3 is 0 Å². The Balaban J connectivity index is 1.86. The molecule has 0 aliphatic carbocycles. The fraction of sp³-hybridized carbons (Fsp3) is 0.200. The van der Waals surface area contributed by atoms with Gasteiger partial charge in [0.25, 0.3) is 0 Å². The molecule has 0 atom stereocenters. The molecule has 0 aliphatic rings. The second kappa shape index (κ2) is 8.70. The maximum absolute atomic E-state index is 12.4. The summed E-state index contributed by atoms with van der Waals surface area (Å²) in [5.74, 6) is 0.304. The van der Waals surface area contributed by atoms with E-state index < -0.39 is 0 Å². The largest absolute Gasteiger partial charge is 0.486 e. The van der Waals surface area contributed by atoms with Gasteiger partial charge in [0.2, 0.25) is 5.91 Å². The number of rotatable bonds is 5. The molecule has 4 nitrogen and oxygen atoms in total. The van der Waals surface area contributed by atoms with Gasteiger partial charge < -0.3 is 4.74 Å². The Hall–Kier alpha value is -1.79. The Bertz CT molecular complexity index is 1010. The number of hydrogen-bond acceptors (Lipinski definition) is 4. The molecule has 0 bridgehead atoms. The molecule has 0 unspecified atom stereocenters. The summed E-state index contributed by atoms with van der Waals surface area (Å²) in [6.07, 6.45) is 0. The van der Waals surface area contributed by atoms with Crippen LogP contribution < -0.4 is 9.64 Å². The van der Waals surface area contributed by atoms with Gasteiger partial charge in [0.15, 0.2) is 5.13 Å². The van der Waals surface area contributed by atoms with Crippen LogP contribution in [-0.4, -0.2) is 10.9 Å². The molecule has 0 aliphatic heterocycles. The molecule has 3 aromatic rings. The minimum absolute atomic E-state index is 0.173. The minimum atomic E-state index is -0.173. The molecule has 146 valence electrons.